The topological polar surface area (TPSA) is 66.6 Å². The highest BCUT2D eigenvalue weighted by molar-refractivity contribution is 7.12. The summed E-state index contributed by atoms with van der Waals surface area (Å²) < 4.78 is 0. The van der Waals surface area contributed by atoms with E-state index >= 15 is 0 Å². The fourth-order valence-electron chi connectivity index (χ4n) is 3.83. The summed E-state index contributed by atoms with van der Waals surface area (Å²) in [5, 5.41) is 1.91. The molecule has 2 amide bonds. The molecule has 5 nitrogen and oxygen atoms in total. The van der Waals surface area contributed by atoms with E-state index in [2.05, 4.69) is 0 Å². The number of hydrogen-bond donors (Lipinski definition) is 1. The van der Waals surface area contributed by atoms with E-state index in [9.17, 15) is 9.59 Å². The summed E-state index contributed by atoms with van der Waals surface area (Å²) in [5.41, 5.74) is 5.99. The Bertz CT molecular complexity index is 565. The Kier molecular flexibility index (Phi) is 5.56. The molecule has 0 bridgehead atoms. The molecule has 132 valence electrons. The second kappa shape index (κ2) is 7.66. The molecule has 2 atom stereocenters. The molecule has 24 heavy (non-hydrogen) atoms. The first-order valence-electron chi connectivity index (χ1n) is 8.96. The summed E-state index contributed by atoms with van der Waals surface area (Å²) in [6, 6.07) is 3.63. The van der Waals surface area contributed by atoms with Crippen LogP contribution < -0.4 is 5.73 Å². The van der Waals surface area contributed by atoms with Crippen LogP contribution in [0.5, 0.6) is 0 Å². The molecule has 2 unspecified atom stereocenters. The van der Waals surface area contributed by atoms with Gasteiger partial charge in [-0.25, -0.2) is 0 Å². The van der Waals surface area contributed by atoms with Crippen LogP contribution in [-0.2, 0) is 4.79 Å². The van der Waals surface area contributed by atoms with Crippen LogP contribution in [0.1, 0.15) is 48.7 Å². The molecule has 3 rings (SSSR count). The molecule has 2 aliphatic heterocycles. The fraction of sp³-hybridized carbons (Fsp3) is 0.667. The van der Waals surface area contributed by atoms with Crippen LogP contribution in [0.15, 0.2) is 17.5 Å². The number of nitrogens with two attached hydrogens (primary N) is 1. The van der Waals surface area contributed by atoms with E-state index in [0.717, 1.165) is 50.1 Å². The molecule has 1 aromatic heterocycles. The summed E-state index contributed by atoms with van der Waals surface area (Å²) in [6.07, 6.45) is 4.71. The van der Waals surface area contributed by atoms with E-state index in [1.807, 2.05) is 29.3 Å². The first-order chi connectivity index (χ1) is 11.6. The first kappa shape index (κ1) is 17.4. The van der Waals surface area contributed by atoms with Gasteiger partial charge in [0.05, 0.1) is 4.88 Å². The van der Waals surface area contributed by atoms with Crippen LogP contribution in [-0.4, -0.2) is 53.3 Å². The number of thiophene rings is 1. The normalized spacial score (nSPS) is 24.0. The second-order valence-corrected chi connectivity index (χ2v) is 7.96. The quantitative estimate of drug-likeness (QED) is 0.911. The van der Waals surface area contributed by atoms with E-state index < -0.39 is 0 Å². The van der Waals surface area contributed by atoms with E-state index in [-0.39, 0.29) is 23.9 Å². The molecule has 3 heterocycles. The van der Waals surface area contributed by atoms with Crippen LogP contribution >= 0.6 is 11.3 Å². The van der Waals surface area contributed by atoms with Crippen LogP contribution in [0, 0.1) is 5.92 Å². The van der Waals surface area contributed by atoms with Gasteiger partial charge in [-0.3, -0.25) is 9.59 Å². The zero-order chi connectivity index (χ0) is 17.1. The average Bonchev–Trinajstić information content (AvgIpc) is 3.15. The van der Waals surface area contributed by atoms with Gasteiger partial charge in [0.1, 0.15) is 6.04 Å². The summed E-state index contributed by atoms with van der Waals surface area (Å²) >= 11 is 1.45. The zero-order valence-electron chi connectivity index (χ0n) is 14.3. The number of rotatable bonds is 3. The minimum Gasteiger partial charge on any atom is -0.341 e. The molecule has 2 saturated heterocycles. The molecule has 0 saturated carbocycles. The van der Waals surface area contributed by atoms with Gasteiger partial charge in [0.15, 0.2) is 0 Å². The molecule has 2 aliphatic rings. The Morgan fingerprint density at radius 1 is 1.21 bits per heavy atom. The van der Waals surface area contributed by atoms with Gasteiger partial charge < -0.3 is 15.5 Å². The average molecular weight is 350 g/mol. The largest absolute Gasteiger partial charge is 0.341 e. The SMILES string of the molecule is CC(N)C1CCN(C(=O)C2CCCCN2C(=O)c2cccs2)CC1. The Hall–Kier alpha value is -1.40. The molecule has 1 aromatic rings. The summed E-state index contributed by atoms with van der Waals surface area (Å²) in [5.74, 6) is 0.639. The minimum absolute atomic E-state index is 0.00789. The van der Waals surface area contributed by atoms with Crippen LogP contribution in [0.4, 0.5) is 0 Å². The molecular weight excluding hydrogens is 322 g/mol. The molecule has 2 N–H and O–H groups in total. The Labute approximate surface area is 147 Å². The van der Waals surface area contributed by atoms with Gasteiger partial charge in [-0.2, -0.15) is 0 Å². The van der Waals surface area contributed by atoms with Crippen molar-refractivity contribution in [2.75, 3.05) is 19.6 Å². The highest BCUT2D eigenvalue weighted by atomic mass is 32.1. The van der Waals surface area contributed by atoms with Crippen LogP contribution in [0.3, 0.4) is 0 Å². The van der Waals surface area contributed by atoms with E-state index in [4.69, 9.17) is 5.73 Å². The van der Waals surface area contributed by atoms with E-state index in [0.29, 0.717) is 12.5 Å². The Balaban J connectivity index is 1.67. The standard InChI is InChI=1S/C18H27N3O2S/c1-13(19)14-7-10-20(11-8-14)17(22)15-5-2-3-9-21(15)18(23)16-6-4-12-24-16/h4,6,12-15H,2-3,5,7-11,19H2,1H3. The van der Waals surface area contributed by atoms with E-state index in [1.165, 1.54) is 11.3 Å². The monoisotopic (exact) mass is 349 g/mol. The molecule has 0 spiro atoms. The third-order valence-corrected chi connectivity index (χ3v) is 6.23. The van der Waals surface area contributed by atoms with Gasteiger partial charge in [-0.05, 0) is 56.4 Å². The number of nitrogens with zero attached hydrogens (tertiary/aromatic N) is 2. The van der Waals surface area contributed by atoms with Crippen molar-refractivity contribution >= 4 is 23.2 Å². The third-order valence-electron chi connectivity index (χ3n) is 5.38. The number of hydrogen-bond acceptors (Lipinski definition) is 4. The lowest BCUT2D eigenvalue weighted by Crippen LogP contribution is -2.54. The molecule has 0 radical (unpaired) electrons. The van der Waals surface area contributed by atoms with Crippen molar-refractivity contribution in [3.8, 4) is 0 Å². The van der Waals surface area contributed by atoms with Crippen LogP contribution in [0.25, 0.3) is 0 Å². The molecule has 6 heteroatoms. The molecule has 2 fully saturated rings. The van der Waals surface area contributed by atoms with Crippen molar-refractivity contribution in [2.45, 2.75) is 51.1 Å². The summed E-state index contributed by atoms with van der Waals surface area (Å²) in [6.45, 7) is 4.26. The van der Waals surface area contributed by atoms with Crippen molar-refractivity contribution in [1.29, 1.82) is 0 Å². The van der Waals surface area contributed by atoms with Gasteiger partial charge in [0, 0.05) is 25.7 Å². The highest BCUT2D eigenvalue weighted by Gasteiger charge is 2.36. The van der Waals surface area contributed by atoms with E-state index in [1.54, 1.807) is 4.90 Å². The number of piperidine rings is 2. The Morgan fingerprint density at radius 3 is 2.58 bits per heavy atom. The maximum Gasteiger partial charge on any atom is 0.264 e. The van der Waals surface area contributed by atoms with Gasteiger partial charge >= 0.3 is 0 Å². The Morgan fingerprint density at radius 2 is 1.96 bits per heavy atom. The van der Waals surface area contributed by atoms with Crippen molar-refractivity contribution in [1.82, 2.24) is 9.80 Å². The highest BCUT2D eigenvalue weighted by Crippen LogP contribution is 2.26. The lowest BCUT2D eigenvalue weighted by molar-refractivity contribution is -0.138. The van der Waals surface area contributed by atoms with Gasteiger partial charge in [-0.15, -0.1) is 11.3 Å². The number of amides is 2. The minimum atomic E-state index is -0.291. The first-order valence-corrected chi connectivity index (χ1v) is 9.84. The van der Waals surface area contributed by atoms with Crippen molar-refractivity contribution in [2.24, 2.45) is 11.7 Å². The maximum absolute atomic E-state index is 13.0. The third kappa shape index (κ3) is 3.64. The lowest BCUT2D eigenvalue weighted by Gasteiger charge is -2.40. The van der Waals surface area contributed by atoms with Gasteiger partial charge in [0.2, 0.25) is 5.91 Å². The van der Waals surface area contributed by atoms with Gasteiger partial charge in [-0.1, -0.05) is 6.07 Å². The van der Waals surface area contributed by atoms with Crippen molar-refractivity contribution in [3.05, 3.63) is 22.4 Å². The predicted molar refractivity (Wildman–Crippen MR) is 95.9 cm³/mol. The molecular formula is C18H27N3O2S. The molecule has 0 aliphatic carbocycles. The maximum atomic E-state index is 13.0. The smallest absolute Gasteiger partial charge is 0.264 e. The summed E-state index contributed by atoms with van der Waals surface area (Å²) in [4.78, 5) is 30.2. The lowest BCUT2D eigenvalue weighted by atomic mass is 9.90. The van der Waals surface area contributed by atoms with Crippen molar-refractivity contribution < 1.29 is 9.59 Å². The number of carbonyl (C=O) groups excluding carboxylic acids is 2. The zero-order valence-corrected chi connectivity index (χ0v) is 15.1. The van der Waals surface area contributed by atoms with Crippen molar-refractivity contribution in [3.63, 3.8) is 0 Å². The van der Waals surface area contributed by atoms with Crippen LogP contribution in [0.2, 0.25) is 0 Å². The molecule has 0 aromatic carbocycles. The predicted octanol–water partition coefficient (Wildman–Crippen LogP) is 2.33. The number of carbonyl (C=O) groups is 2. The summed E-state index contributed by atoms with van der Waals surface area (Å²) in [7, 11) is 0. The number of likely N-dealkylation sites (tertiary alicyclic amines) is 2. The second-order valence-electron chi connectivity index (χ2n) is 7.01. The van der Waals surface area contributed by atoms with Gasteiger partial charge in [0.25, 0.3) is 5.91 Å². The fourth-order valence-corrected chi connectivity index (χ4v) is 4.51.